The number of rotatable bonds is 0. The Morgan fingerprint density at radius 1 is 1.11 bits per heavy atom. The molecule has 0 N–H and O–H groups in total. The summed E-state index contributed by atoms with van der Waals surface area (Å²) in [6.45, 7) is -1.12. The van der Waals surface area contributed by atoms with Gasteiger partial charge in [-0.15, -0.1) is 0 Å². The van der Waals surface area contributed by atoms with Crippen LogP contribution in [0, 0.1) is 0 Å². The predicted molar refractivity (Wildman–Crippen MR) is 41.1 cm³/mol. The number of Topliss-reactive ketones (excluding diaryl/α,β-unsaturated/α-hetero) is 1. The first-order valence-corrected chi connectivity index (χ1v) is 4.65. The zero-order chi connectivity index (χ0) is 13.9. The van der Waals surface area contributed by atoms with Gasteiger partial charge in [-0.1, -0.05) is 0 Å². The van der Waals surface area contributed by atoms with Crippen LogP contribution in [-0.2, 0) is 14.3 Å². The molecule has 0 spiro atoms. The third-order valence-corrected chi connectivity index (χ3v) is 2.84. The molecule has 2 aliphatic heterocycles. The average molecular weight is 277 g/mol. The van der Waals surface area contributed by atoms with E-state index < -0.39 is 48.8 Å². The highest BCUT2D eigenvalue weighted by Gasteiger charge is 2.82. The SMILES string of the molecule is O=C1C[C@H]2C(=O)OC(C(F)(F)F)(C(F)(F)F)N2C1. The van der Waals surface area contributed by atoms with Crippen LogP contribution in [0.1, 0.15) is 6.42 Å². The molecule has 10 heteroatoms. The van der Waals surface area contributed by atoms with Crippen molar-refractivity contribution < 1.29 is 40.7 Å². The van der Waals surface area contributed by atoms with Crippen molar-refractivity contribution in [3.63, 3.8) is 0 Å². The lowest BCUT2D eigenvalue weighted by atomic mass is 10.1. The molecule has 0 saturated carbocycles. The Morgan fingerprint density at radius 3 is 2.06 bits per heavy atom. The number of carbonyl (C=O) groups is 2. The Hall–Kier alpha value is -1.32. The fourth-order valence-corrected chi connectivity index (χ4v) is 2.11. The molecular weight excluding hydrogens is 272 g/mol. The number of esters is 1. The van der Waals surface area contributed by atoms with Crippen LogP contribution >= 0.6 is 0 Å². The Balaban J connectivity index is 2.56. The lowest BCUT2D eigenvalue weighted by Crippen LogP contribution is -2.66. The fraction of sp³-hybridized carbons (Fsp3) is 0.750. The summed E-state index contributed by atoms with van der Waals surface area (Å²) in [7, 11) is 0. The summed E-state index contributed by atoms with van der Waals surface area (Å²) in [6.07, 6.45) is -12.5. The van der Waals surface area contributed by atoms with Crippen molar-refractivity contribution in [3.8, 4) is 0 Å². The number of carbonyl (C=O) groups excluding carboxylic acids is 2. The lowest BCUT2D eigenvalue weighted by Gasteiger charge is -2.37. The van der Waals surface area contributed by atoms with E-state index in [0.29, 0.717) is 0 Å². The van der Waals surface area contributed by atoms with Crippen LogP contribution in [-0.4, -0.2) is 47.3 Å². The minimum Gasteiger partial charge on any atom is -0.423 e. The van der Waals surface area contributed by atoms with Crippen LogP contribution in [0.25, 0.3) is 0 Å². The predicted octanol–water partition coefficient (Wildman–Crippen LogP) is 1.01. The summed E-state index contributed by atoms with van der Waals surface area (Å²) in [4.78, 5) is 21.8. The van der Waals surface area contributed by atoms with E-state index >= 15 is 0 Å². The second-order valence-electron chi connectivity index (χ2n) is 3.95. The van der Waals surface area contributed by atoms with Crippen LogP contribution in [0.2, 0.25) is 0 Å². The van der Waals surface area contributed by atoms with Crippen molar-refractivity contribution in [1.29, 1.82) is 0 Å². The van der Waals surface area contributed by atoms with Gasteiger partial charge in [0.15, 0.2) is 0 Å². The van der Waals surface area contributed by atoms with E-state index in [1.165, 1.54) is 0 Å². The van der Waals surface area contributed by atoms with Crippen molar-refractivity contribution in [2.75, 3.05) is 6.54 Å². The van der Waals surface area contributed by atoms with Gasteiger partial charge in [0, 0.05) is 6.42 Å². The molecule has 0 aromatic rings. The highest BCUT2D eigenvalue weighted by Crippen LogP contribution is 2.53. The molecule has 2 fully saturated rings. The third kappa shape index (κ3) is 1.44. The number of alkyl halides is 6. The molecule has 0 aromatic heterocycles. The van der Waals surface area contributed by atoms with Crippen molar-refractivity contribution in [2.45, 2.75) is 30.5 Å². The molecule has 18 heavy (non-hydrogen) atoms. The number of ether oxygens (including phenoxy) is 1. The maximum absolute atomic E-state index is 12.7. The molecule has 0 unspecified atom stereocenters. The molecular formula is C8H5F6NO3. The minimum absolute atomic E-state index is 0.266. The van der Waals surface area contributed by atoms with E-state index in [9.17, 15) is 35.9 Å². The first-order valence-electron chi connectivity index (χ1n) is 4.65. The van der Waals surface area contributed by atoms with E-state index in [2.05, 4.69) is 4.74 Å². The van der Waals surface area contributed by atoms with Crippen LogP contribution in [0.15, 0.2) is 0 Å². The van der Waals surface area contributed by atoms with Crippen molar-refractivity contribution >= 4 is 11.8 Å². The number of halogens is 6. The molecule has 0 aromatic carbocycles. The summed E-state index contributed by atoms with van der Waals surface area (Å²) in [5, 5.41) is 0. The number of cyclic esters (lactones) is 1. The minimum atomic E-state index is -5.87. The van der Waals surface area contributed by atoms with Gasteiger partial charge in [-0.25, -0.2) is 4.90 Å². The molecule has 4 nitrogen and oxygen atoms in total. The van der Waals surface area contributed by atoms with Gasteiger partial charge < -0.3 is 4.74 Å². The van der Waals surface area contributed by atoms with Crippen molar-refractivity contribution in [2.24, 2.45) is 0 Å². The molecule has 2 saturated heterocycles. The Kier molecular flexibility index (Phi) is 2.45. The van der Waals surface area contributed by atoms with Crippen LogP contribution in [0.3, 0.4) is 0 Å². The van der Waals surface area contributed by atoms with Crippen LogP contribution < -0.4 is 0 Å². The standard InChI is InChI=1S/C8H5F6NO3/c9-7(10,11)6(8(12,13)14)15-2-3(16)1-4(15)5(17)18-6/h4H,1-2H2/t4-/m0/s1. The first-order chi connectivity index (χ1) is 8.00. The zero-order valence-electron chi connectivity index (χ0n) is 8.43. The van der Waals surface area contributed by atoms with Gasteiger partial charge in [0.25, 0.3) is 0 Å². The molecule has 102 valence electrons. The third-order valence-electron chi connectivity index (χ3n) is 2.84. The highest BCUT2D eigenvalue weighted by molar-refractivity contribution is 5.93. The average Bonchev–Trinajstić information content (AvgIpc) is 2.61. The molecule has 1 atom stereocenters. The number of fused-ring (bicyclic) bond motifs is 1. The number of nitrogens with zero attached hydrogens (tertiary/aromatic N) is 1. The quantitative estimate of drug-likeness (QED) is 0.489. The molecule has 0 bridgehead atoms. The Bertz CT molecular complexity index is 400. The number of ketones is 1. The van der Waals surface area contributed by atoms with Gasteiger partial charge in [0.2, 0.25) is 0 Å². The zero-order valence-corrected chi connectivity index (χ0v) is 8.43. The van der Waals surface area contributed by atoms with E-state index in [1.54, 1.807) is 0 Å². The molecule has 0 aliphatic carbocycles. The topological polar surface area (TPSA) is 46.6 Å². The summed E-state index contributed by atoms with van der Waals surface area (Å²) >= 11 is 0. The second kappa shape index (κ2) is 3.37. The normalized spacial score (nSPS) is 28.4. The van der Waals surface area contributed by atoms with Gasteiger partial charge in [-0.05, 0) is 0 Å². The first kappa shape index (κ1) is 13.1. The van der Waals surface area contributed by atoms with Gasteiger partial charge in [0.05, 0.1) is 6.54 Å². The summed E-state index contributed by atoms with van der Waals surface area (Å²) in [5.41, 5.74) is -4.71. The summed E-state index contributed by atoms with van der Waals surface area (Å²) < 4.78 is 79.8. The summed E-state index contributed by atoms with van der Waals surface area (Å²) in [5.74, 6) is -2.55. The number of hydrogen-bond donors (Lipinski definition) is 0. The van der Waals surface area contributed by atoms with Crippen LogP contribution in [0.4, 0.5) is 26.3 Å². The lowest BCUT2D eigenvalue weighted by molar-refractivity contribution is -0.399. The van der Waals surface area contributed by atoms with Crippen molar-refractivity contribution in [1.82, 2.24) is 4.90 Å². The van der Waals surface area contributed by atoms with Gasteiger partial charge in [0.1, 0.15) is 11.8 Å². The molecule has 0 amide bonds. The van der Waals surface area contributed by atoms with E-state index in [0.717, 1.165) is 0 Å². The Morgan fingerprint density at radius 2 is 1.61 bits per heavy atom. The number of hydrogen-bond acceptors (Lipinski definition) is 4. The van der Waals surface area contributed by atoms with Gasteiger partial charge >= 0.3 is 24.0 Å². The van der Waals surface area contributed by atoms with Crippen LogP contribution in [0.5, 0.6) is 0 Å². The van der Waals surface area contributed by atoms with E-state index in [-0.39, 0.29) is 4.90 Å². The monoisotopic (exact) mass is 277 g/mol. The smallest absolute Gasteiger partial charge is 0.423 e. The van der Waals surface area contributed by atoms with E-state index in [1.807, 2.05) is 0 Å². The molecule has 2 aliphatic rings. The van der Waals surface area contributed by atoms with Gasteiger partial charge in [-0.2, -0.15) is 26.3 Å². The Labute approximate surface area is 95.5 Å². The maximum Gasteiger partial charge on any atom is 0.453 e. The molecule has 2 rings (SSSR count). The molecule has 0 radical (unpaired) electrons. The van der Waals surface area contributed by atoms with Gasteiger partial charge in [-0.3, -0.25) is 9.59 Å². The van der Waals surface area contributed by atoms with E-state index in [4.69, 9.17) is 0 Å². The molecule has 2 heterocycles. The largest absolute Gasteiger partial charge is 0.453 e. The second-order valence-corrected chi connectivity index (χ2v) is 3.95. The highest BCUT2D eigenvalue weighted by atomic mass is 19.4. The summed E-state index contributed by atoms with van der Waals surface area (Å²) in [6, 6.07) is -1.82. The fourth-order valence-electron chi connectivity index (χ4n) is 2.11. The van der Waals surface area contributed by atoms with Crippen molar-refractivity contribution in [3.05, 3.63) is 0 Å². The maximum atomic E-state index is 12.7.